The second-order valence-electron chi connectivity index (χ2n) is 8.14. The van der Waals surface area contributed by atoms with E-state index >= 15 is 0 Å². The van der Waals surface area contributed by atoms with Crippen molar-refractivity contribution in [2.24, 2.45) is 0 Å². The molecule has 29 heavy (non-hydrogen) atoms. The summed E-state index contributed by atoms with van der Waals surface area (Å²) in [5, 5.41) is 0. The minimum Gasteiger partial charge on any atom is -0.497 e. The van der Waals surface area contributed by atoms with Crippen LogP contribution in [0, 0.1) is 6.92 Å². The van der Waals surface area contributed by atoms with Crippen LogP contribution in [0.5, 0.6) is 5.75 Å². The highest BCUT2D eigenvalue weighted by molar-refractivity contribution is 5.88. The highest BCUT2D eigenvalue weighted by Crippen LogP contribution is 2.35. The molecule has 2 aliphatic heterocycles. The molecule has 0 N–H and O–H groups in total. The molecule has 2 saturated heterocycles. The van der Waals surface area contributed by atoms with Crippen LogP contribution < -0.4 is 4.74 Å². The summed E-state index contributed by atoms with van der Waals surface area (Å²) in [5.41, 5.74) is 3.46. The smallest absolute Gasteiger partial charge is 0.240 e. The summed E-state index contributed by atoms with van der Waals surface area (Å²) in [6.07, 6.45) is 1.45. The van der Waals surface area contributed by atoms with Gasteiger partial charge in [0.25, 0.3) is 0 Å². The number of benzene rings is 2. The Morgan fingerprint density at radius 3 is 2.41 bits per heavy atom. The van der Waals surface area contributed by atoms with E-state index in [0.717, 1.165) is 29.8 Å². The van der Waals surface area contributed by atoms with E-state index in [-0.39, 0.29) is 23.7 Å². The first-order valence-electron chi connectivity index (χ1n) is 10.3. The number of ether oxygens (including phenoxy) is 1. The summed E-state index contributed by atoms with van der Waals surface area (Å²) >= 11 is 0. The number of ketones is 1. The van der Waals surface area contributed by atoms with Crippen molar-refractivity contribution in [1.82, 2.24) is 9.80 Å². The molecule has 0 aromatic heterocycles. The Balaban J connectivity index is 1.61. The van der Waals surface area contributed by atoms with Crippen LogP contribution in [0.3, 0.4) is 0 Å². The molecule has 2 fully saturated rings. The van der Waals surface area contributed by atoms with Crippen LogP contribution in [0.25, 0.3) is 0 Å². The first kappa shape index (κ1) is 19.6. The maximum atomic E-state index is 13.4. The Morgan fingerprint density at radius 1 is 1.03 bits per heavy atom. The standard InChI is InChI=1S/C24H28N2O3/c1-17-5-7-18(8-6-17)14-26-16-22(19-9-11-21(29-2)12-10-19)23(24(26)28)25-13-3-4-20(27)15-25/h5-12,22-23H,3-4,13-16H2,1-2H3. The SMILES string of the molecule is COc1ccc(C2CN(Cc3ccc(C)cc3)C(=O)C2N2CCCC(=O)C2)cc1. The molecule has 2 aliphatic rings. The van der Waals surface area contributed by atoms with Gasteiger partial charge in [-0.2, -0.15) is 0 Å². The van der Waals surface area contributed by atoms with Gasteiger partial charge in [0.1, 0.15) is 11.5 Å². The van der Waals surface area contributed by atoms with Crippen molar-refractivity contribution in [3.8, 4) is 5.75 Å². The first-order chi connectivity index (χ1) is 14.0. The second-order valence-corrected chi connectivity index (χ2v) is 8.14. The summed E-state index contributed by atoms with van der Waals surface area (Å²) in [7, 11) is 1.65. The Bertz CT molecular complexity index is 876. The molecule has 2 aromatic carbocycles. The van der Waals surface area contributed by atoms with Gasteiger partial charge in [-0.25, -0.2) is 0 Å². The van der Waals surface area contributed by atoms with Crippen molar-refractivity contribution in [2.45, 2.75) is 38.3 Å². The fourth-order valence-corrected chi connectivity index (χ4v) is 4.49. The zero-order valence-corrected chi connectivity index (χ0v) is 17.1. The Kier molecular flexibility index (Phi) is 5.67. The Morgan fingerprint density at radius 2 is 1.76 bits per heavy atom. The first-order valence-corrected chi connectivity index (χ1v) is 10.3. The minimum absolute atomic E-state index is 0.0461. The van der Waals surface area contributed by atoms with Gasteiger partial charge in [0, 0.05) is 25.4 Å². The van der Waals surface area contributed by atoms with E-state index in [0.29, 0.717) is 26.1 Å². The van der Waals surface area contributed by atoms with E-state index < -0.39 is 0 Å². The van der Waals surface area contributed by atoms with Gasteiger partial charge < -0.3 is 9.64 Å². The molecular formula is C24H28N2O3. The molecular weight excluding hydrogens is 364 g/mol. The van der Waals surface area contributed by atoms with Crippen LogP contribution in [0.1, 0.15) is 35.4 Å². The highest BCUT2D eigenvalue weighted by Gasteiger charge is 2.45. The predicted octanol–water partition coefficient (Wildman–Crippen LogP) is 3.16. The lowest BCUT2D eigenvalue weighted by Crippen LogP contribution is -2.48. The number of amides is 1. The van der Waals surface area contributed by atoms with Crippen LogP contribution in [-0.2, 0) is 16.1 Å². The fraction of sp³-hybridized carbons (Fsp3) is 0.417. The number of likely N-dealkylation sites (tertiary alicyclic amines) is 2. The average Bonchev–Trinajstić information content (AvgIpc) is 3.06. The van der Waals surface area contributed by atoms with Crippen LogP contribution in [0.2, 0.25) is 0 Å². The molecule has 0 spiro atoms. The summed E-state index contributed by atoms with van der Waals surface area (Å²) in [6, 6.07) is 16.0. The zero-order chi connectivity index (χ0) is 20.4. The van der Waals surface area contributed by atoms with Crippen molar-refractivity contribution in [3.63, 3.8) is 0 Å². The molecule has 2 aromatic rings. The lowest BCUT2D eigenvalue weighted by molar-refractivity contribution is -0.134. The van der Waals surface area contributed by atoms with Crippen LogP contribution >= 0.6 is 0 Å². The summed E-state index contributed by atoms with van der Waals surface area (Å²) in [6.45, 7) is 4.50. The quantitative estimate of drug-likeness (QED) is 0.784. The van der Waals surface area contributed by atoms with E-state index in [1.165, 1.54) is 5.56 Å². The molecule has 1 amide bonds. The van der Waals surface area contributed by atoms with Crippen molar-refractivity contribution in [3.05, 3.63) is 65.2 Å². The number of hydrogen-bond acceptors (Lipinski definition) is 4. The van der Waals surface area contributed by atoms with Crippen molar-refractivity contribution >= 4 is 11.7 Å². The number of nitrogens with zero attached hydrogens (tertiary/aromatic N) is 2. The zero-order valence-electron chi connectivity index (χ0n) is 17.1. The van der Waals surface area contributed by atoms with E-state index in [4.69, 9.17) is 4.74 Å². The summed E-state index contributed by atoms with van der Waals surface area (Å²) < 4.78 is 5.29. The topological polar surface area (TPSA) is 49.9 Å². The Labute approximate surface area is 172 Å². The highest BCUT2D eigenvalue weighted by atomic mass is 16.5. The lowest BCUT2D eigenvalue weighted by atomic mass is 9.91. The van der Waals surface area contributed by atoms with Gasteiger partial charge in [-0.1, -0.05) is 42.0 Å². The monoisotopic (exact) mass is 392 g/mol. The molecule has 4 rings (SSSR count). The molecule has 2 atom stereocenters. The molecule has 0 aliphatic carbocycles. The lowest BCUT2D eigenvalue weighted by Gasteiger charge is -2.33. The van der Waals surface area contributed by atoms with Crippen molar-refractivity contribution < 1.29 is 14.3 Å². The number of hydrogen-bond donors (Lipinski definition) is 0. The number of carbonyl (C=O) groups is 2. The molecule has 2 unspecified atom stereocenters. The third kappa shape index (κ3) is 4.20. The van der Waals surface area contributed by atoms with Crippen LogP contribution in [0.4, 0.5) is 0 Å². The number of rotatable bonds is 5. The van der Waals surface area contributed by atoms with Crippen LogP contribution in [-0.4, -0.2) is 54.3 Å². The third-order valence-corrected chi connectivity index (χ3v) is 6.07. The molecule has 152 valence electrons. The molecule has 0 bridgehead atoms. The van der Waals surface area contributed by atoms with Crippen molar-refractivity contribution in [2.75, 3.05) is 26.7 Å². The van der Waals surface area contributed by atoms with Gasteiger partial charge in [0.2, 0.25) is 5.91 Å². The number of aryl methyl sites for hydroxylation is 1. The maximum Gasteiger partial charge on any atom is 0.240 e. The van der Waals surface area contributed by atoms with E-state index in [2.05, 4.69) is 36.1 Å². The largest absolute Gasteiger partial charge is 0.497 e. The average molecular weight is 392 g/mol. The second kappa shape index (κ2) is 8.37. The van der Waals surface area contributed by atoms with Crippen molar-refractivity contribution in [1.29, 1.82) is 0 Å². The number of piperidine rings is 1. The van der Waals surface area contributed by atoms with E-state index in [1.54, 1.807) is 7.11 Å². The van der Waals surface area contributed by atoms with Gasteiger partial charge in [-0.15, -0.1) is 0 Å². The molecule has 0 saturated carbocycles. The Hall–Kier alpha value is -2.66. The van der Waals surface area contributed by atoms with Crippen LogP contribution in [0.15, 0.2) is 48.5 Å². The summed E-state index contributed by atoms with van der Waals surface area (Å²) in [5.74, 6) is 1.21. The van der Waals surface area contributed by atoms with E-state index in [1.807, 2.05) is 29.2 Å². The molecule has 5 nitrogen and oxygen atoms in total. The fourth-order valence-electron chi connectivity index (χ4n) is 4.49. The van der Waals surface area contributed by atoms with Gasteiger partial charge in [-0.05, 0) is 43.1 Å². The third-order valence-electron chi connectivity index (χ3n) is 6.07. The maximum absolute atomic E-state index is 13.4. The molecule has 0 radical (unpaired) electrons. The van der Waals surface area contributed by atoms with Gasteiger partial charge in [0.15, 0.2) is 0 Å². The van der Waals surface area contributed by atoms with Gasteiger partial charge >= 0.3 is 0 Å². The predicted molar refractivity (Wildman–Crippen MR) is 112 cm³/mol. The summed E-state index contributed by atoms with van der Waals surface area (Å²) in [4.78, 5) is 29.6. The molecule has 5 heteroatoms. The van der Waals surface area contributed by atoms with Gasteiger partial charge in [-0.3, -0.25) is 14.5 Å². The number of carbonyl (C=O) groups excluding carboxylic acids is 2. The van der Waals surface area contributed by atoms with E-state index in [9.17, 15) is 9.59 Å². The minimum atomic E-state index is -0.280. The number of methoxy groups -OCH3 is 1. The van der Waals surface area contributed by atoms with Gasteiger partial charge in [0.05, 0.1) is 19.7 Å². The molecule has 2 heterocycles. The normalized spacial score (nSPS) is 22.9. The number of Topliss-reactive ketones (excluding diaryl/α,β-unsaturated/α-hetero) is 1.